The summed E-state index contributed by atoms with van der Waals surface area (Å²) in [6, 6.07) is 10.1. The van der Waals surface area contributed by atoms with E-state index in [2.05, 4.69) is 26.1 Å². The molecule has 0 aromatic heterocycles. The third-order valence-electron chi connectivity index (χ3n) is 4.27. The lowest BCUT2D eigenvalue weighted by Crippen LogP contribution is -2.47. The molecule has 2 rings (SSSR count). The molecule has 0 heterocycles. The van der Waals surface area contributed by atoms with Crippen LogP contribution in [0.25, 0.3) is 0 Å². The van der Waals surface area contributed by atoms with Crippen molar-refractivity contribution < 1.29 is 4.74 Å². The van der Waals surface area contributed by atoms with Gasteiger partial charge in [0, 0.05) is 12.1 Å². The maximum Gasteiger partial charge on any atom is 0.119 e. The molecule has 2 heteroatoms. The van der Waals surface area contributed by atoms with E-state index < -0.39 is 0 Å². The van der Waals surface area contributed by atoms with Gasteiger partial charge in [0.05, 0.1) is 6.61 Å². The van der Waals surface area contributed by atoms with Crippen molar-refractivity contribution in [3.63, 3.8) is 0 Å². The van der Waals surface area contributed by atoms with Gasteiger partial charge in [-0.25, -0.2) is 0 Å². The fourth-order valence-electron chi connectivity index (χ4n) is 2.80. The fraction of sp³-hybridized carbons (Fsp3) is 0.667. The maximum absolute atomic E-state index is 5.79. The number of hydrogen-bond acceptors (Lipinski definition) is 2. The van der Waals surface area contributed by atoms with E-state index >= 15 is 0 Å². The monoisotopic (exact) mass is 275 g/mol. The molecule has 1 saturated carbocycles. The van der Waals surface area contributed by atoms with E-state index in [0.717, 1.165) is 25.3 Å². The lowest BCUT2D eigenvalue weighted by atomic mass is 9.66. The molecule has 1 aliphatic rings. The highest BCUT2D eigenvalue weighted by atomic mass is 16.5. The number of hydrogen-bond donors (Lipinski definition) is 1. The number of nitrogens with one attached hydrogen (secondary N) is 1. The predicted octanol–water partition coefficient (Wildman–Crippen LogP) is 4.40. The van der Waals surface area contributed by atoms with Crippen molar-refractivity contribution in [1.29, 1.82) is 0 Å². The van der Waals surface area contributed by atoms with Crippen molar-refractivity contribution in [2.24, 2.45) is 5.41 Å². The highest BCUT2D eigenvalue weighted by Gasteiger charge is 2.36. The van der Waals surface area contributed by atoms with Gasteiger partial charge in [0.25, 0.3) is 0 Å². The number of ether oxygens (including phenoxy) is 1. The van der Waals surface area contributed by atoms with Crippen molar-refractivity contribution in [2.45, 2.75) is 58.4 Å². The van der Waals surface area contributed by atoms with Crippen LogP contribution in [0, 0.1) is 5.41 Å². The van der Waals surface area contributed by atoms with E-state index in [-0.39, 0.29) is 5.54 Å². The highest BCUT2D eigenvalue weighted by molar-refractivity contribution is 5.20. The molecule has 1 aliphatic carbocycles. The van der Waals surface area contributed by atoms with Gasteiger partial charge in [0.2, 0.25) is 0 Å². The van der Waals surface area contributed by atoms with Gasteiger partial charge in [-0.1, -0.05) is 24.6 Å². The van der Waals surface area contributed by atoms with Crippen LogP contribution in [-0.4, -0.2) is 18.7 Å². The van der Waals surface area contributed by atoms with Gasteiger partial charge in [-0.2, -0.15) is 0 Å². The first-order valence-electron chi connectivity index (χ1n) is 7.92. The summed E-state index contributed by atoms with van der Waals surface area (Å²) in [5, 5.41) is 3.68. The summed E-state index contributed by atoms with van der Waals surface area (Å²) in [6.45, 7) is 8.73. The van der Waals surface area contributed by atoms with E-state index in [0.29, 0.717) is 5.41 Å². The van der Waals surface area contributed by atoms with Gasteiger partial charge < -0.3 is 10.1 Å². The molecule has 1 aromatic rings. The Balaban J connectivity index is 1.69. The standard InChI is InChI=1S/C18H29NO/c1-17(2,3)19-15-18(11-7-12-18)13-8-14-20-16-9-5-4-6-10-16/h4-6,9-10,19H,7-8,11-15H2,1-3H3. The fourth-order valence-corrected chi connectivity index (χ4v) is 2.80. The van der Waals surface area contributed by atoms with Crippen molar-refractivity contribution in [3.05, 3.63) is 30.3 Å². The third-order valence-corrected chi connectivity index (χ3v) is 4.27. The molecule has 0 spiro atoms. The largest absolute Gasteiger partial charge is 0.494 e. The van der Waals surface area contributed by atoms with Crippen molar-refractivity contribution in [3.8, 4) is 5.75 Å². The number of rotatable bonds is 7. The minimum atomic E-state index is 0.225. The Morgan fingerprint density at radius 1 is 1.15 bits per heavy atom. The normalized spacial score (nSPS) is 17.6. The molecule has 0 amide bonds. The minimum Gasteiger partial charge on any atom is -0.494 e. The molecule has 1 fully saturated rings. The number of para-hydroxylation sites is 1. The van der Waals surface area contributed by atoms with Crippen molar-refractivity contribution in [1.82, 2.24) is 5.32 Å². The SMILES string of the molecule is CC(C)(C)NCC1(CCCOc2ccccc2)CCC1. The van der Waals surface area contributed by atoms with Gasteiger partial charge >= 0.3 is 0 Å². The zero-order valence-corrected chi connectivity index (χ0v) is 13.2. The Bertz CT molecular complexity index is 390. The van der Waals surface area contributed by atoms with E-state index in [1.54, 1.807) is 0 Å². The molecule has 0 radical (unpaired) electrons. The van der Waals surface area contributed by atoms with Crippen LogP contribution in [0.15, 0.2) is 30.3 Å². The Hall–Kier alpha value is -1.02. The molecule has 2 nitrogen and oxygen atoms in total. The van der Waals surface area contributed by atoms with Crippen molar-refractivity contribution in [2.75, 3.05) is 13.2 Å². The summed E-state index contributed by atoms with van der Waals surface area (Å²) in [5.41, 5.74) is 0.760. The highest BCUT2D eigenvalue weighted by Crippen LogP contribution is 2.44. The predicted molar refractivity (Wildman–Crippen MR) is 85.2 cm³/mol. The molecule has 0 aliphatic heterocycles. The molecule has 1 aromatic carbocycles. The van der Waals surface area contributed by atoms with Crippen LogP contribution < -0.4 is 10.1 Å². The summed E-state index contributed by atoms with van der Waals surface area (Å²) in [6.07, 6.45) is 6.58. The maximum atomic E-state index is 5.79. The molecule has 112 valence electrons. The molecule has 20 heavy (non-hydrogen) atoms. The molecular weight excluding hydrogens is 246 g/mol. The van der Waals surface area contributed by atoms with Gasteiger partial charge in [-0.15, -0.1) is 0 Å². The number of benzene rings is 1. The van der Waals surface area contributed by atoms with Crippen LogP contribution in [0.1, 0.15) is 52.9 Å². The lowest BCUT2D eigenvalue weighted by molar-refractivity contribution is 0.0960. The Kier molecular flexibility index (Phi) is 5.09. The summed E-state index contributed by atoms with van der Waals surface area (Å²) >= 11 is 0. The topological polar surface area (TPSA) is 21.3 Å². The van der Waals surface area contributed by atoms with E-state index in [1.165, 1.54) is 25.7 Å². The first-order valence-corrected chi connectivity index (χ1v) is 7.92. The average molecular weight is 275 g/mol. The van der Waals surface area contributed by atoms with Crippen LogP contribution in [0.4, 0.5) is 0 Å². The van der Waals surface area contributed by atoms with Crippen LogP contribution in [-0.2, 0) is 0 Å². The minimum absolute atomic E-state index is 0.225. The Morgan fingerprint density at radius 2 is 1.85 bits per heavy atom. The zero-order chi connectivity index (χ0) is 14.5. The molecule has 0 bridgehead atoms. The Morgan fingerprint density at radius 3 is 2.40 bits per heavy atom. The third kappa shape index (κ3) is 4.82. The second-order valence-corrected chi connectivity index (χ2v) is 7.22. The van der Waals surface area contributed by atoms with Gasteiger partial charge in [-0.3, -0.25) is 0 Å². The first kappa shape index (κ1) is 15.4. The Labute approximate surface area is 123 Å². The van der Waals surface area contributed by atoms with Gasteiger partial charge in [0.15, 0.2) is 0 Å². The molecular formula is C18H29NO. The second kappa shape index (κ2) is 6.62. The van der Waals surface area contributed by atoms with Crippen LogP contribution >= 0.6 is 0 Å². The molecule has 0 unspecified atom stereocenters. The second-order valence-electron chi connectivity index (χ2n) is 7.22. The summed E-state index contributed by atoms with van der Waals surface area (Å²) in [7, 11) is 0. The van der Waals surface area contributed by atoms with E-state index in [4.69, 9.17) is 4.74 Å². The van der Waals surface area contributed by atoms with Crippen LogP contribution in [0.2, 0.25) is 0 Å². The van der Waals surface area contributed by atoms with Gasteiger partial charge in [0.1, 0.15) is 5.75 Å². The van der Waals surface area contributed by atoms with E-state index in [9.17, 15) is 0 Å². The molecule has 1 N–H and O–H groups in total. The zero-order valence-electron chi connectivity index (χ0n) is 13.2. The smallest absolute Gasteiger partial charge is 0.119 e. The molecule has 0 atom stereocenters. The average Bonchev–Trinajstić information content (AvgIpc) is 2.36. The summed E-state index contributed by atoms with van der Waals surface area (Å²) < 4.78 is 5.79. The first-order chi connectivity index (χ1) is 9.49. The summed E-state index contributed by atoms with van der Waals surface area (Å²) in [4.78, 5) is 0. The lowest BCUT2D eigenvalue weighted by Gasteiger charge is -2.44. The van der Waals surface area contributed by atoms with Crippen molar-refractivity contribution >= 4 is 0 Å². The summed E-state index contributed by atoms with van der Waals surface area (Å²) in [5.74, 6) is 0.989. The quantitative estimate of drug-likeness (QED) is 0.745. The van der Waals surface area contributed by atoms with Crippen LogP contribution in [0.3, 0.4) is 0 Å². The van der Waals surface area contributed by atoms with E-state index in [1.807, 2.05) is 30.3 Å². The van der Waals surface area contributed by atoms with Gasteiger partial charge in [-0.05, 0) is 64.0 Å². The van der Waals surface area contributed by atoms with Crippen LogP contribution in [0.5, 0.6) is 5.75 Å². The molecule has 0 saturated heterocycles.